The molecule has 2 aromatic rings. The fourth-order valence-corrected chi connectivity index (χ4v) is 2.96. The van der Waals surface area contributed by atoms with Crippen molar-refractivity contribution < 1.29 is 4.79 Å². The highest BCUT2D eigenvalue weighted by Gasteiger charge is 2.17. The van der Waals surface area contributed by atoms with Crippen LogP contribution >= 0.6 is 11.3 Å². The van der Waals surface area contributed by atoms with Gasteiger partial charge in [-0.2, -0.15) is 0 Å². The first kappa shape index (κ1) is 12.2. The van der Waals surface area contributed by atoms with Crippen molar-refractivity contribution in [3.05, 3.63) is 40.4 Å². The van der Waals surface area contributed by atoms with Crippen LogP contribution < -0.4 is 10.6 Å². The number of carbonyl (C=O) groups is 1. The van der Waals surface area contributed by atoms with Gasteiger partial charge in [-0.15, -0.1) is 11.3 Å². The molecule has 0 saturated carbocycles. The molecule has 0 spiro atoms. The van der Waals surface area contributed by atoms with E-state index in [4.69, 9.17) is 0 Å². The van der Waals surface area contributed by atoms with Crippen LogP contribution in [-0.2, 0) is 6.42 Å². The number of hydrogen-bond acceptors (Lipinski definition) is 4. The van der Waals surface area contributed by atoms with Gasteiger partial charge >= 0.3 is 0 Å². The van der Waals surface area contributed by atoms with Crippen LogP contribution in [0.5, 0.6) is 0 Å². The quantitative estimate of drug-likeness (QED) is 0.884. The molecule has 1 aromatic carbocycles. The highest BCUT2D eigenvalue weighted by atomic mass is 32.1. The van der Waals surface area contributed by atoms with Crippen LogP contribution in [0.1, 0.15) is 27.2 Å². The lowest BCUT2D eigenvalue weighted by Gasteiger charge is -2.20. The first-order chi connectivity index (χ1) is 9.24. The highest BCUT2D eigenvalue weighted by Crippen LogP contribution is 2.26. The summed E-state index contributed by atoms with van der Waals surface area (Å²) in [7, 11) is 0. The maximum atomic E-state index is 12.3. The summed E-state index contributed by atoms with van der Waals surface area (Å²) in [4.78, 5) is 17.6. The maximum absolute atomic E-state index is 12.3. The zero-order chi connectivity index (χ0) is 13.2. The molecule has 5 heteroatoms. The summed E-state index contributed by atoms with van der Waals surface area (Å²) in [6.45, 7) is 2.95. The predicted octanol–water partition coefficient (Wildman–Crippen LogP) is 3.06. The zero-order valence-electron chi connectivity index (χ0n) is 10.7. The molecule has 0 radical (unpaired) electrons. The summed E-state index contributed by atoms with van der Waals surface area (Å²) in [6.07, 6.45) is 3.78. The summed E-state index contributed by atoms with van der Waals surface area (Å²) in [5.41, 5.74) is 2.94. The number of fused-ring (bicyclic) bond motifs is 1. The second-order valence-corrected chi connectivity index (χ2v) is 5.83. The van der Waals surface area contributed by atoms with E-state index in [1.165, 1.54) is 11.3 Å². The predicted molar refractivity (Wildman–Crippen MR) is 78.1 cm³/mol. The zero-order valence-corrected chi connectivity index (χ0v) is 11.5. The third-order valence-electron chi connectivity index (χ3n) is 3.18. The molecule has 0 bridgehead atoms. The van der Waals surface area contributed by atoms with E-state index in [1.807, 2.05) is 25.1 Å². The van der Waals surface area contributed by atoms with Crippen molar-refractivity contribution in [2.24, 2.45) is 0 Å². The Kier molecular flexibility index (Phi) is 3.21. The standard InChI is InChI=1S/C14H15N3OS/c1-9-8-16-14(19-9)17-13(18)11-4-2-6-12-10(11)5-3-7-15-12/h2,4,6,8,15H,3,5,7H2,1H3,(H,16,17,18). The van der Waals surface area contributed by atoms with Crippen LogP contribution in [0, 0.1) is 6.92 Å². The molecule has 0 fully saturated rings. The lowest BCUT2D eigenvalue weighted by Crippen LogP contribution is -2.19. The van der Waals surface area contributed by atoms with Crippen molar-refractivity contribution in [2.45, 2.75) is 19.8 Å². The summed E-state index contributed by atoms with van der Waals surface area (Å²) in [5, 5.41) is 6.86. The molecule has 1 aliphatic heterocycles. The maximum Gasteiger partial charge on any atom is 0.257 e. The third-order valence-corrected chi connectivity index (χ3v) is 4.01. The third kappa shape index (κ3) is 2.46. The van der Waals surface area contributed by atoms with E-state index in [9.17, 15) is 4.79 Å². The number of aromatic nitrogens is 1. The number of anilines is 2. The first-order valence-electron chi connectivity index (χ1n) is 6.33. The van der Waals surface area contributed by atoms with Crippen molar-refractivity contribution in [1.29, 1.82) is 0 Å². The van der Waals surface area contributed by atoms with E-state index in [0.717, 1.165) is 41.1 Å². The van der Waals surface area contributed by atoms with Gasteiger partial charge in [-0.1, -0.05) is 6.07 Å². The van der Waals surface area contributed by atoms with E-state index in [-0.39, 0.29) is 5.91 Å². The number of nitrogens with zero attached hydrogens (tertiary/aromatic N) is 1. The fourth-order valence-electron chi connectivity index (χ4n) is 2.30. The second-order valence-electron chi connectivity index (χ2n) is 4.59. The number of carbonyl (C=O) groups excluding carboxylic acids is 1. The summed E-state index contributed by atoms with van der Waals surface area (Å²) in [6, 6.07) is 5.82. The lowest BCUT2D eigenvalue weighted by molar-refractivity contribution is 0.102. The smallest absolute Gasteiger partial charge is 0.257 e. The van der Waals surface area contributed by atoms with Gasteiger partial charge in [0, 0.05) is 28.9 Å². The van der Waals surface area contributed by atoms with Crippen LogP contribution in [0.3, 0.4) is 0 Å². The van der Waals surface area contributed by atoms with Gasteiger partial charge in [0.2, 0.25) is 0 Å². The monoisotopic (exact) mass is 273 g/mol. The normalized spacial score (nSPS) is 13.5. The molecule has 2 heterocycles. The number of rotatable bonds is 2. The number of aryl methyl sites for hydroxylation is 1. The van der Waals surface area contributed by atoms with Crippen molar-refractivity contribution >= 4 is 28.1 Å². The molecule has 19 heavy (non-hydrogen) atoms. The minimum Gasteiger partial charge on any atom is -0.385 e. The van der Waals surface area contributed by atoms with Crippen molar-refractivity contribution in [1.82, 2.24) is 4.98 Å². The molecule has 0 atom stereocenters. The van der Waals surface area contributed by atoms with E-state index < -0.39 is 0 Å². The van der Waals surface area contributed by atoms with Crippen molar-refractivity contribution in [3.63, 3.8) is 0 Å². The van der Waals surface area contributed by atoms with Gasteiger partial charge in [-0.25, -0.2) is 4.98 Å². The lowest BCUT2D eigenvalue weighted by atomic mass is 9.97. The average molecular weight is 273 g/mol. The summed E-state index contributed by atoms with van der Waals surface area (Å²) >= 11 is 1.49. The SMILES string of the molecule is Cc1cnc(NC(=O)c2cccc3c2CCCN3)s1. The van der Waals surface area contributed by atoms with E-state index in [2.05, 4.69) is 15.6 Å². The number of benzene rings is 1. The molecule has 4 nitrogen and oxygen atoms in total. The molecule has 1 aromatic heterocycles. The topological polar surface area (TPSA) is 54.0 Å². The fraction of sp³-hybridized carbons (Fsp3) is 0.286. The molecule has 0 aliphatic carbocycles. The number of amides is 1. The largest absolute Gasteiger partial charge is 0.385 e. The molecule has 1 aliphatic rings. The molecular weight excluding hydrogens is 258 g/mol. The van der Waals surface area contributed by atoms with Gasteiger partial charge in [-0.3, -0.25) is 10.1 Å². The molecule has 0 saturated heterocycles. The summed E-state index contributed by atoms with van der Waals surface area (Å²) in [5.74, 6) is -0.0742. The van der Waals surface area contributed by atoms with Gasteiger partial charge in [-0.05, 0) is 37.5 Å². The molecule has 0 unspecified atom stereocenters. The Morgan fingerprint density at radius 2 is 2.37 bits per heavy atom. The Labute approximate surface area is 115 Å². The Balaban J connectivity index is 1.87. The molecule has 98 valence electrons. The van der Waals surface area contributed by atoms with E-state index in [1.54, 1.807) is 6.20 Å². The van der Waals surface area contributed by atoms with E-state index >= 15 is 0 Å². The van der Waals surface area contributed by atoms with Crippen LogP contribution in [0.4, 0.5) is 10.8 Å². The van der Waals surface area contributed by atoms with Crippen molar-refractivity contribution in [2.75, 3.05) is 17.2 Å². The molecule has 2 N–H and O–H groups in total. The van der Waals surface area contributed by atoms with Gasteiger partial charge in [0.05, 0.1) is 0 Å². The van der Waals surface area contributed by atoms with Crippen LogP contribution in [0.2, 0.25) is 0 Å². The van der Waals surface area contributed by atoms with Crippen molar-refractivity contribution in [3.8, 4) is 0 Å². The van der Waals surface area contributed by atoms with Gasteiger partial charge in [0.1, 0.15) is 0 Å². The summed E-state index contributed by atoms with van der Waals surface area (Å²) < 4.78 is 0. The Morgan fingerprint density at radius 1 is 1.47 bits per heavy atom. The van der Waals surface area contributed by atoms with Crippen LogP contribution in [0.25, 0.3) is 0 Å². The Bertz CT molecular complexity index is 621. The number of nitrogens with one attached hydrogen (secondary N) is 2. The Morgan fingerprint density at radius 3 is 3.16 bits per heavy atom. The average Bonchev–Trinajstić information content (AvgIpc) is 2.83. The second kappa shape index (κ2) is 5.01. The highest BCUT2D eigenvalue weighted by molar-refractivity contribution is 7.15. The van der Waals surface area contributed by atoms with Gasteiger partial charge in [0.15, 0.2) is 5.13 Å². The van der Waals surface area contributed by atoms with E-state index in [0.29, 0.717) is 5.13 Å². The van der Waals surface area contributed by atoms with Gasteiger partial charge < -0.3 is 5.32 Å². The first-order valence-corrected chi connectivity index (χ1v) is 7.15. The minimum absolute atomic E-state index is 0.0742. The van der Waals surface area contributed by atoms with Crippen LogP contribution in [0.15, 0.2) is 24.4 Å². The van der Waals surface area contributed by atoms with Gasteiger partial charge in [0.25, 0.3) is 5.91 Å². The molecule has 3 rings (SSSR count). The van der Waals surface area contributed by atoms with Crippen LogP contribution in [-0.4, -0.2) is 17.4 Å². The molecule has 1 amide bonds. The molecular formula is C14H15N3OS. The number of hydrogen-bond donors (Lipinski definition) is 2. The minimum atomic E-state index is -0.0742. The number of thiazole rings is 1. The Hall–Kier alpha value is -1.88.